The van der Waals surface area contributed by atoms with E-state index in [0.717, 1.165) is 34.8 Å². The van der Waals surface area contributed by atoms with Crippen LogP contribution in [0.2, 0.25) is 0 Å². The Hall–Kier alpha value is -1.88. The third kappa shape index (κ3) is 2.82. The van der Waals surface area contributed by atoms with Gasteiger partial charge in [0.1, 0.15) is 11.4 Å². The molecule has 0 saturated heterocycles. The van der Waals surface area contributed by atoms with E-state index in [4.69, 9.17) is 10.5 Å². The van der Waals surface area contributed by atoms with Crippen molar-refractivity contribution in [2.24, 2.45) is 11.7 Å². The number of rotatable bonds is 5. The normalized spacial score (nSPS) is 11.1. The molecule has 20 heavy (non-hydrogen) atoms. The lowest BCUT2D eigenvalue weighted by Gasteiger charge is -2.13. The van der Waals surface area contributed by atoms with Gasteiger partial charge in [0.25, 0.3) is 0 Å². The van der Waals surface area contributed by atoms with Crippen LogP contribution in [0.25, 0.3) is 5.69 Å². The molecular weight excluding hydrogens is 252 g/mol. The fourth-order valence-corrected chi connectivity index (χ4v) is 2.24. The van der Waals surface area contributed by atoms with Crippen molar-refractivity contribution in [1.82, 2.24) is 15.0 Å². The summed E-state index contributed by atoms with van der Waals surface area (Å²) < 4.78 is 7.29. The summed E-state index contributed by atoms with van der Waals surface area (Å²) in [5, 5.41) is 8.47. The van der Waals surface area contributed by atoms with Gasteiger partial charge in [-0.2, -0.15) is 0 Å². The van der Waals surface area contributed by atoms with Crippen LogP contribution < -0.4 is 10.5 Å². The zero-order valence-electron chi connectivity index (χ0n) is 12.6. The number of nitrogens with two attached hydrogens (primary N) is 1. The van der Waals surface area contributed by atoms with E-state index in [0.29, 0.717) is 12.5 Å². The highest BCUT2D eigenvalue weighted by Crippen LogP contribution is 2.26. The highest BCUT2D eigenvalue weighted by Gasteiger charge is 2.17. The fraction of sp³-hybridized carbons (Fsp3) is 0.467. The minimum atomic E-state index is 0.399. The van der Waals surface area contributed by atoms with Crippen LogP contribution >= 0.6 is 0 Å². The lowest BCUT2D eigenvalue weighted by molar-refractivity contribution is 0.410. The smallest absolute Gasteiger partial charge is 0.144 e. The highest BCUT2D eigenvalue weighted by molar-refractivity contribution is 5.49. The van der Waals surface area contributed by atoms with E-state index in [2.05, 4.69) is 30.2 Å². The van der Waals surface area contributed by atoms with Crippen molar-refractivity contribution in [2.75, 3.05) is 7.11 Å². The van der Waals surface area contributed by atoms with Crippen molar-refractivity contribution in [2.45, 2.75) is 33.7 Å². The van der Waals surface area contributed by atoms with Gasteiger partial charge in [-0.1, -0.05) is 25.1 Å². The van der Waals surface area contributed by atoms with Crippen molar-refractivity contribution in [1.29, 1.82) is 0 Å². The Balaban J connectivity index is 2.57. The van der Waals surface area contributed by atoms with E-state index < -0.39 is 0 Å². The zero-order chi connectivity index (χ0) is 14.7. The summed E-state index contributed by atoms with van der Waals surface area (Å²) >= 11 is 0. The molecule has 0 aliphatic heterocycles. The van der Waals surface area contributed by atoms with E-state index in [1.165, 1.54) is 0 Å². The number of methoxy groups -OCH3 is 1. The number of benzene rings is 1. The molecule has 0 unspecified atom stereocenters. The average molecular weight is 274 g/mol. The Kier molecular flexibility index (Phi) is 4.39. The predicted octanol–water partition coefficient (Wildman–Crippen LogP) is 2.24. The molecule has 2 N–H and O–H groups in total. The third-order valence-electron chi connectivity index (χ3n) is 3.20. The summed E-state index contributed by atoms with van der Waals surface area (Å²) in [6.45, 7) is 6.79. The van der Waals surface area contributed by atoms with E-state index in [1.54, 1.807) is 7.11 Å². The lowest BCUT2D eigenvalue weighted by Crippen LogP contribution is -2.10. The van der Waals surface area contributed by atoms with Crippen molar-refractivity contribution in [3.05, 3.63) is 35.2 Å². The Bertz CT molecular complexity index is 590. The van der Waals surface area contributed by atoms with Gasteiger partial charge in [-0.15, -0.1) is 5.10 Å². The van der Waals surface area contributed by atoms with Crippen molar-refractivity contribution in [3.63, 3.8) is 0 Å². The van der Waals surface area contributed by atoms with E-state index in [1.807, 2.05) is 23.7 Å². The van der Waals surface area contributed by atoms with Gasteiger partial charge < -0.3 is 10.5 Å². The summed E-state index contributed by atoms with van der Waals surface area (Å²) in [6.07, 6.45) is 0.886. The second-order valence-corrected chi connectivity index (χ2v) is 5.37. The lowest BCUT2D eigenvalue weighted by atomic mass is 10.1. The summed E-state index contributed by atoms with van der Waals surface area (Å²) in [4.78, 5) is 0. The van der Waals surface area contributed by atoms with Gasteiger partial charge in [-0.3, -0.25) is 0 Å². The van der Waals surface area contributed by atoms with E-state index >= 15 is 0 Å². The van der Waals surface area contributed by atoms with Crippen LogP contribution in [-0.4, -0.2) is 22.1 Å². The van der Waals surface area contributed by atoms with Crippen LogP contribution in [0.15, 0.2) is 18.2 Å². The molecule has 1 heterocycles. The summed E-state index contributed by atoms with van der Waals surface area (Å²) in [5.74, 6) is 1.29. The standard InChI is InChI=1S/C15H22N4O/c1-10(2)7-13-12(9-16)17-18-19(13)14-8-11(3)5-6-15(14)20-4/h5-6,8,10H,7,9,16H2,1-4H3. The van der Waals surface area contributed by atoms with Crippen molar-refractivity contribution >= 4 is 0 Å². The van der Waals surface area contributed by atoms with Crippen LogP contribution in [0.3, 0.4) is 0 Å². The number of nitrogens with zero attached hydrogens (tertiary/aromatic N) is 3. The molecule has 108 valence electrons. The Morgan fingerprint density at radius 2 is 2.10 bits per heavy atom. The Labute approximate surface area is 119 Å². The van der Waals surface area contributed by atoms with Gasteiger partial charge >= 0.3 is 0 Å². The Morgan fingerprint density at radius 1 is 1.35 bits per heavy atom. The second kappa shape index (κ2) is 6.05. The number of aryl methyl sites for hydroxylation is 1. The molecule has 1 aromatic carbocycles. The summed E-state index contributed by atoms with van der Waals surface area (Å²) in [7, 11) is 1.66. The first-order valence-electron chi connectivity index (χ1n) is 6.85. The summed E-state index contributed by atoms with van der Waals surface area (Å²) in [6, 6.07) is 6.02. The average Bonchev–Trinajstić information content (AvgIpc) is 2.80. The number of hydrogen-bond donors (Lipinski definition) is 1. The molecule has 0 fully saturated rings. The highest BCUT2D eigenvalue weighted by atomic mass is 16.5. The maximum atomic E-state index is 5.77. The monoisotopic (exact) mass is 274 g/mol. The number of aromatic nitrogens is 3. The van der Waals surface area contributed by atoms with Gasteiger partial charge in [0.05, 0.1) is 18.5 Å². The minimum absolute atomic E-state index is 0.399. The van der Waals surface area contributed by atoms with Gasteiger partial charge in [-0.25, -0.2) is 4.68 Å². The molecule has 0 aliphatic rings. The molecular formula is C15H22N4O. The largest absolute Gasteiger partial charge is 0.494 e. The maximum Gasteiger partial charge on any atom is 0.144 e. The van der Waals surface area contributed by atoms with Crippen LogP contribution in [0.1, 0.15) is 30.8 Å². The second-order valence-electron chi connectivity index (χ2n) is 5.37. The first kappa shape index (κ1) is 14.5. The number of hydrogen-bond acceptors (Lipinski definition) is 4. The fourth-order valence-electron chi connectivity index (χ4n) is 2.24. The Morgan fingerprint density at radius 3 is 2.70 bits per heavy atom. The predicted molar refractivity (Wildman–Crippen MR) is 79.1 cm³/mol. The van der Waals surface area contributed by atoms with Gasteiger partial charge in [0.15, 0.2) is 0 Å². The molecule has 0 bridgehead atoms. The number of ether oxygens (including phenoxy) is 1. The summed E-state index contributed by atoms with van der Waals surface area (Å²) in [5.41, 5.74) is 9.75. The molecule has 5 heteroatoms. The molecule has 5 nitrogen and oxygen atoms in total. The van der Waals surface area contributed by atoms with Crippen LogP contribution in [0.5, 0.6) is 5.75 Å². The molecule has 1 aromatic heterocycles. The van der Waals surface area contributed by atoms with Crippen molar-refractivity contribution < 1.29 is 4.74 Å². The third-order valence-corrected chi connectivity index (χ3v) is 3.20. The molecule has 2 aromatic rings. The van der Waals surface area contributed by atoms with E-state index in [-0.39, 0.29) is 0 Å². The maximum absolute atomic E-state index is 5.77. The first-order chi connectivity index (χ1) is 9.56. The van der Waals surface area contributed by atoms with Crippen molar-refractivity contribution in [3.8, 4) is 11.4 Å². The molecule has 0 atom stereocenters. The van der Waals surface area contributed by atoms with Crippen LogP contribution in [0, 0.1) is 12.8 Å². The quantitative estimate of drug-likeness (QED) is 0.908. The van der Waals surface area contributed by atoms with Gasteiger partial charge in [0, 0.05) is 6.54 Å². The van der Waals surface area contributed by atoms with Gasteiger partial charge in [-0.05, 0) is 37.0 Å². The van der Waals surface area contributed by atoms with Crippen LogP contribution in [-0.2, 0) is 13.0 Å². The van der Waals surface area contributed by atoms with E-state index in [9.17, 15) is 0 Å². The first-order valence-corrected chi connectivity index (χ1v) is 6.85. The molecule has 0 amide bonds. The SMILES string of the molecule is COc1ccc(C)cc1-n1nnc(CN)c1CC(C)C. The molecule has 0 aliphatic carbocycles. The molecule has 0 spiro atoms. The molecule has 2 rings (SSSR count). The zero-order valence-corrected chi connectivity index (χ0v) is 12.6. The topological polar surface area (TPSA) is 66.0 Å². The molecule has 0 radical (unpaired) electrons. The minimum Gasteiger partial charge on any atom is -0.494 e. The van der Waals surface area contributed by atoms with Gasteiger partial charge in [0.2, 0.25) is 0 Å². The van der Waals surface area contributed by atoms with Crippen LogP contribution in [0.4, 0.5) is 0 Å². The molecule has 0 saturated carbocycles.